The van der Waals surface area contributed by atoms with Crippen LogP contribution in [0.15, 0.2) is 42.5 Å². The highest BCUT2D eigenvalue weighted by atomic mass is 127. The zero-order valence-corrected chi connectivity index (χ0v) is 18.4. The van der Waals surface area contributed by atoms with Crippen LogP contribution in [0.2, 0.25) is 5.02 Å². The summed E-state index contributed by atoms with van der Waals surface area (Å²) in [6.07, 6.45) is 1.22. The Hall–Kier alpha value is -1.36. The lowest BCUT2D eigenvalue weighted by Crippen LogP contribution is -2.48. The highest BCUT2D eigenvalue weighted by Gasteiger charge is 2.25. The molecule has 1 saturated heterocycles. The number of carbonyl (C=O) groups is 1. The number of hydrogen-bond donors (Lipinski definition) is 1. The number of piperazine rings is 1. The van der Waals surface area contributed by atoms with Crippen molar-refractivity contribution < 1.29 is 13.2 Å². The van der Waals surface area contributed by atoms with E-state index >= 15 is 0 Å². The summed E-state index contributed by atoms with van der Waals surface area (Å²) in [4.78, 5) is 14.8. The monoisotopic (exact) mass is 519 g/mol. The summed E-state index contributed by atoms with van der Waals surface area (Å²) in [6, 6.07) is 12.8. The van der Waals surface area contributed by atoms with Gasteiger partial charge in [-0.15, -0.1) is 0 Å². The molecule has 0 atom stereocenters. The minimum absolute atomic E-state index is 0.277. The lowest BCUT2D eigenvalue weighted by molar-refractivity contribution is 0.102. The van der Waals surface area contributed by atoms with E-state index in [0.717, 1.165) is 9.26 Å². The van der Waals surface area contributed by atoms with Gasteiger partial charge < -0.3 is 10.2 Å². The number of para-hydroxylation sites is 2. The maximum atomic E-state index is 12.7. The van der Waals surface area contributed by atoms with Crippen molar-refractivity contribution in [1.82, 2.24) is 4.31 Å². The molecule has 1 amide bonds. The lowest BCUT2D eigenvalue weighted by Gasteiger charge is -2.35. The Labute approximate surface area is 177 Å². The minimum atomic E-state index is -3.18. The highest BCUT2D eigenvalue weighted by molar-refractivity contribution is 14.1. The van der Waals surface area contributed by atoms with Gasteiger partial charge in [-0.3, -0.25) is 4.79 Å². The van der Waals surface area contributed by atoms with E-state index in [0.29, 0.717) is 42.5 Å². The van der Waals surface area contributed by atoms with E-state index in [2.05, 4.69) is 32.8 Å². The van der Waals surface area contributed by atoms with Gasteiger partial charge >= 0.3 is 0 Å². The second kappa shape index (κ2) is 8.34. The van der Waals surface area contributed by atoms with Gasteiger partial charge in [0.25, 0.3) is 5.91 Å². The summed E-state index contributed by atoms with van der Waals surface area (Å²) in [5.74, 6) is -0.277. The second-order valence-corrected chi connectivity index (χ2v) is 9.88. The molecule has 0 spiro atoms. The average Bonchev–Trinajstić information content (AvgIpc) is 2.63. The van der Waals surface area contributed by atoms with Gasteiger partial charge in [0, 0.05) is 29.7 Å². The van der Waals surface area contributed by atoms with Gasteiger partial charge in [0.15, 0.2) is 0 Å². The first-order valence-electron chi connectivity index (χ1n) is 8.31. The number of amides is 1. The van der Waals surface area contributed by atoms with Gasteiger partial charge in [-0.2, -0.15) is 4.31 Å². The fourth-order valence-corrected chi connectivity index (χ4v) is 4.50. The number of hydrogen-bond acceptors (Lipinski definition) is 4. The average molecular weight is 520 g/mol. The summed E-state index contributed by atoms with van der Waals surface area (Å²) >= 11 is 8.30. The Morgan fingerprint density at radius 3 is 2.44 bits per heavy atom. The summed E-state index contributed by atoms with van der Waals surface area (Å²) < 4.78 is 25.8. The SMILES string of the molecule is CS(=O)(=O)N1CCN(c2ccccc2NC(=O)c2cc(I)ccc2Cl)CC1. The predicted octanol–water partition coefficient (Wildman–Crippen LogP) is 3.28. The van der Waals surface area contributed by atoms with Crippen LogP contribution < -0.4 is 10.2 Å². The van der Waals surface area contributed by atoms with Crippen molar-refractivity contribution in [2.24, 2.45) is 0 Å². The molecule has 0 aromatic heterocycles. The Kier molecular flexibility index (Phi) is 6.29. The zero-order valence-electron chi connectivity index (χ0n) is 14.7. The number of nitrogens with zero attached hydrogens (tertiary/aromatic N) is 2. The van der Waals surface area contributed by atoms with Crippen LogP contribution in [0, 0.1) is 3.57 Å². The van der Waals surface area contributed by atoms with Crippen LogP contribution in [0.5, 0.6) is 0 Å². The van der Waals surface area contributed by atoms with E-state index < -0.39 is 10.0 Å². The second-order valence-electron chi connectivity index (χ2n) is 6.24. The first kappa shape index (κ1) is 20.4. The van der Waals surface area contributed by atoms with E-state index in [-0.39, 0.29) is 5.91 Å². The standard InChI is InChI=1S/C18H19ClIN3O3S/c1-27(25,26)23-10-8-22(9-11-23)17-5-3-2-4-16(17)21-18(24)14-12-13(20)6-7-15(14)19/h2-7,12H,8-11H2,1H3,(H,21,24). The Balaban J connectivity index is 1.79. The van der Waals surface area contributed by atoms with Gasteiger partial charge in [0.05, 0.1) is 28.2 Å². The lowest BCUT2D eigenvalue weighted by atomic mass is 10.2. The summed E-state index contributed by atoms with van der Waals surface area (Å²) in [5.41, 5.74) is 1.95. The number of halogens is 2. The Bertz CT molecular complexity index is 960. The summed E-state index contributed by atoms with van der Waals surface area (Å²) in [7, 11) is -3.18. The minimum Gasteiger partial charge on any atom is -0.367 e. The van der Waals surface area contributed by atoms with Crippen LogP contribution in [0.4, 0.5) is 11.4 Å². The van der Waals surface area contributed by atoms with Crippen LogP contribution in [0.1, 0.15) is 10.4 Å². The van der Waals surface area contributed by atoms with Gasteiger partial charge in [0.2, 0.25) is 10.0 Å². The van der Waals surface area contributed by atoms with Crippen molar-refractivity contribution in [3.05, 3.63) is 56.6 Å². The van der Waals surface area contributed by atoms with E-state index in [4.69, 9.17) is 11.6 Å². The molecule has 0 bridgehead atoms. The molecule has 6 nitrogen and oxygen atoms in total. The molecule has 9 heteroatoms. The molecular formula is C18H19ClIN3O3S. The first-order valence-corrected chi connectivity index (χ1v) is 11.6. The largest absolute Gasteiger partial charge is 0.367 e. The van der Waals surface area contributed by atoms with E-state index in [9.17, 15) is 13.2 Å². The molecule has 2 aromatic rings. The molecule has 1 aliphatic rings. The Morgan fingerprint density at radius 2 is 1.78 bits per heavy atom. The molecule has 1 fully saturated rings. The van der Waals surface area contributed by atoms with Crippen molar-refractivity contribution in [3.8, 4) is 0 Å². The van der Waals surface area contributed by atoms with Crippen LogP contribution in [0.3, 0.4) is 0 Å². The van der Waals surface area contributed by atoms with Crippen LogP contribution >= 0.6 is 34.2 Å². The van der Waals surface area contributed by atoms with Crippen LogP contribution in [0.25, 0.3) is 0 Å². The maximum absolute atomic E-state index is 12.7. The number of benzene rings is 2. The molecule has 2 aromatic carbocycles. The normalized spacial score (nSPS) is 15.6. The molecule has 0 saturated carbocycles. The van der Waals surface area contributed by atoms with E-state index in [1.807, 2.05) is 30.3 Å². The highest BCUT2D eigenvalue weighted by Crippen LogP contribution is 2.28. The van der Waals surface area contributed by atoms with Crippen LogP contribution in [-0.2, 0) is 10.0 Å². The fourth-order valence-electron chi connectivity index (χ4n) is 2.98. The quantitative estimate of drug-likeness (QED) is 0.630. The number of anilines is 2. The molecule has 144 valence electrons. The van der Waals surface area contributed by atoms with Crippen molar-refractivity contribution in [2.75, 3.05) is 42.7 Å². The topological polar surface area (TPSA) is 69.7 Å². The molecule has 27 heavy (non-hydrogen) atoms. The fraction of sp³-hybridized carbons (Fsp3) is 0.278. The van der Waals surface area contributed by atoms with Gasteiger partial charge in [-0.25, -0.2) is 8.42 Å². The van der Waals surface area contributed by atoms with E-state index in [1.54, 1.807) is 12.1 Å². The maximum Gasteiger partial charge on any atom is 0.257 e. The summed E-state index contributed by atoms with van der Waals surface area (Å²) in [5, 5.41) is 3.33. The van der Waals surface area contributed by atoms with Crippen molar-refractivity contribution in [3.63, 3.8) is 0 Å². The Morgan fingerprint density at radius 1 is 1.11 bits per heavy atom. The van der Waals surface area contributed by atoms with E-state index in [1.165, 1.54) is 10.6 Å². The molecule has 1 N–H and O–H groups in total. The molecular weight excluding hydrogens is 501 g/mol. The number of rotatable bonds is 4. The van der Waals surface area contributed by atoms with Gasteiger partial charge in [-0.05, 0) is 52.9 Å². The molecule has 0 radical (unpaired) electrons. The van der Waals surface area contributed by atoms with Crippen LogP contribution in [-0.4, -0.2) is 51.1 Å². The third kappa shape index (κ3) is 4.92. The first-order chi connectivity index (χ1) is 12.8. The predicted molar refractivity (Wildman–Crippen MR) is 117 cm³/mol. The molecule has 0 aliphatic carbocycles. The van der Waals surface area contributed by atoms with Crippen molar-refractivity contribution in [1.29, 1.82) is 0 Å². The number of sulfonamides is 1. The third-order valence-electron chi connectivity index (χ3n) is 4.37. The smallest absolute Gasteiger partial charge is 0.257 e. The molecule has 1 heterocycles. The molecule has 3 rings (SSSR count). The molecule has 1 aliphatic heterocycles. The summed E-state index contributed by atoms with van der Waals surface area (Å²) in [6.45, 7) is 1.96. The zero-order chi connectivity index (χ0) is 19.6. The number of carbonyl (C=O) groups excluding carboxylic acids is 1. The van der Waals surface area contributed by atoms with Gasteiger partial charge in [0.1, 0.15) is 0 Å². The number of nitrogens with one attached hydrogen (secondary N) is 1. The van der Waals surface area contributed by atoms with Gasteiger partial charge in [-0.1, -0.05) is 23.7 Å². The van der Waals surface area contributed by atoms with Crippen molar-refractivity contribution in [2.45, 2.75) is 0 Å². The molecule has 0 unspecified atom stereocenters. The van der Waals surface area contributed by atoms with Crippen molar-refractivity contribution >= 4 is 61.5 Å². The third-order valence-corrected chi connectivity index (χ3v) is 6.68.